The topological polar surface area (TPSA) is 284 Å². The maximum atomic E-state index is 13.3. The standard InChI is InChI=1S/C20H16ClF2N3O2.C20H18FN3O2.C20H19N3O2.C19H13FN4O2/c1-12-5-16(28-17-6-14(21)10-24-11-17)8-18(26-12)19(27)7-15-4-3-13(9-25-15)20(2,22)23;1-3-15-5-4-6-16(24-15)9-20(25)19-10-17(7-13(2)23-19)26-18-8-14(21)11-22-12-18;1-3-15-6-4-7-16(23-15)11-20(24)19-12-18(10-14(2)22-19)25-17-8-5-9-21-13-17;1-12-4-16(26-17-5-13(8-21)9-22-11-17)7-18(24-12)19(25)6-15-3-2-14(20)10-23-15/h3-6,8-11H,7H2,1-2H3;4-8,10-12H,3,9H2,1-2H3;4-10,12-13H,3,11H2,1-2H3;2-5,7,9-11H,6H2,1H3. The van der Waals surface area contributed by atoms with Crippen molar-refractivity contribution in [2.45, 2.75) is 92.9 Å². The number of Topliss-reactive ketones (excluding diaryl/α,β-unsaturated/α-hetero) is 4. The number of rotatable bonds is 23. The molecule has 0 fully saturated rings. The van der Waals surface area contributed by atoms with Crippen LogP contribution in [0.15, 0.2) is 201 Å². The minimum atomic E-state index is -2.98. The fourth-order valence-electron chi connectivity index (χ4n) is 9.71. The predicted octanol–water partition coefficient (Wildman–Crippen LogP) is 16.6. The van der Waals surface area contributed by atoms with E-state index in [0.717, 1.165) is 61.1 Å². The van der Waals surface area contributed by atoms with Crippen LogP contribution in [0.5, 0.6) is 46.0 Å². The maximum Gasteiger partial charge on any atom is 0.272 e. The number of hydrogen-bond donors (Lipinski definition) is 0. The van der Waals surface area contributed by atoms with Crippen LogP contribution in [0, 0.1) is 50.7 Å². The van der Waals surface area contributed by atoms with Crippen molar-refractivity contribution in [2.75, 3.05) is 0 Å². The molecule has 12 aromatic heterocycles. The lowest BCUT2D eigenvalue weighted by Gasteiger charge is -2.10. The highest BCUT2D eigenvalue weighted by molar-refractivity contribution is 6.30. The van der Waals surface area contributed by atoms with Gasteiger partial charge in [0.05, 0.1) is 73.5 Å². The molecule has 0 aliphatic heterocycles. The minimum absolute atomic E-state index is 0.00163. The van der Waals surface area contributed by atoms with E-state index < -0.39 is 17.6 Å². The summed E-state index contributed by atoms with van der Waals surface area (Å²) in [6, 6.07) is 39.8. The Bertz CT molecular complexity index is 5090. The number of alkyl halides is 2. The van der Waals surface area contributed by atoms with Gasteiger partial charge in [-0.05, 0) is 101 Å². The van der Waals surface area contributed by atoms with Crippen LogP contribution in [0.1, 0.15) is 131 Å². The van der Waals surface area contributed by atoms with E-state index in [1.165, 1.54) is 73.4 Å². The molecule has 0 N–H and O–H groups in total. The number of aromatic nitrogens is 12. The fraction of sp³-hybridized carbons (Fsp3) is 0.177. The first-order valence-electron chi connectivity index (χ1n) is 32.5. The molecule has 0 spiro atoms. The van der Waals surface area contributed by atoms with E-state index >= 15 is 0 Å². The largest absolute Gasteiger partial charge is 0.456 e. The zero-order valence-corrected chi connectivity index (χ0v) is 58.5. The number of carbonyl (C=O) groups is 4. The molecule has 12 rings (SSSR count). The third-order valence-corrected chi connectivity index (χ3v) is 14.8. The lowest BCUT2D eigenvalue weighted by Crippen LogP contribution is -2.11. The summed E-state index contributed by atoms with van der Waals surface area (Å²) in [7, 11) is 0. The van der Waals surface area contributed by atoms with Crippen molar-refractivity contribution < 1.29 is 55.7 Å². The molecule has 0 aliphatic rings. The molecule has 0 amide bonds. The summed E-state index contributed by atoms with van der Waals surface area (Å²) in [5, 5.41) is 9.34. The van der Waals surface area contributed by atoms with Crippen LogP contribution >= 0.6 is 11.6 Å². The molecular formula is C79H66ClF4N13O8. The van der Waals surface area contributed by atoms with Crippen molar-refractivity contribution in [3.05, 3.63) is 309 Å². The number of ether oxygens (including phenoxy) is 4. The number of nitrogens with zero attached hydrogens (tertiary/aromatic N) is 13. The van der Waals surface area contributed by atoms with E-state index in [1.54, 1.807) is 87.8 Å². The molecule has 0 aliphatic carbocycles. The molecular weight excluding hydrogens is 1370 g/mol. The van der Waals surface area contributed by atoms with E-state index in [2.05, 4.69) is 59.8 Å². The molecule has 0 saturated heterocycles. The summed E-state index contributed by atoms with van der Waals surface area (Å²) >= 11 is 5.89. The smallest absolute Gasteiger partial charge is 0.272 e. The van der Waals surface area contributed by atoms with Crippen LogP contribution in [0.3, 0.4) is 0 Å². The molecule has 12 heterocycles. The summed E-state index contributed by atoms with van der Waals surface area (Å²) in [5.74, 6) is -1.26. The molecule has 0 radical (unpaired) electrons. The minimum Gasteiger partial charge on any atom is -0.456 e. The molecule has 26 heteroatoms. The van der Waals surface area contributed by atoms with Gasteiger partial charge >= 0.3 is 0 Å². The Kier molecular flexibility index (Phi) is 26.7. The number of carbonyl (C=O) groups excluding carboxylic acids is 4. The van der Waals surface area contributed by atoms with E-state index in [1.807, 2.05) is 69.3 Å². The monoisotopic (exact) mass is 1440 g/mol. The lowest BCUT2D eigenvalue weighted by molar-refractivity contribution is 0.0170. The van der Waals surface area contributed by atoms with Gasteiger partial charge in [0.15, 0.2) is 23.1 Å². The predicted molar refractivity (Wildman–Crippen MR) is 380 cm³/mol. The van der Waals surface area contributed by atoms with Gasteiger partial charge in [-0.3, -0.25) is 59.0 Å². The SMILES string of the molecule is CCc1cccc(CC(=O)c2cc(Oc3cccnc3)cc(C)n2)n1.CCc1cccc(CC(=O)c2cc(Oc3cncc(F)c3)cc(C)n2)n1.Cc1cc(Oc2cncc(C#N)c2)cc(C(=O)Cc2ccc(F)cn2)n1.Cc1cc(Oc2cncc(Cl)c2)cc(C(=O)Cc2ccc(C(C)(F)F)cn2)n1. The summed E-state index contributed by atoms with van der Waals surface area (Å²) in [6.45, 7) is 11.9. The van der Waals surface area contributed by atoms with E-state index in [-0.39, 0.29) is 77.2 Å². The van der Waals surface area contributed by atoms with Gasteiger partial charge in [-0.25, -0.2) is 37.5 Å². The molecule has 12 aromatic rings. The van der Waals surface area contributed by atoms with E-state index in [0.29, 0.717) is 90.7 Å². The Morgan fingerprint density at radius 1 is 0.410 bits per heavy atom. The average Bonchev–Trinajstić information content (AvgIpc) is 0.851. The summed E-state index contributed by atoms with van der Waals surface area (Å²) < 4.78 is 75.4. The normalized spacial score (nSPS) is 10.7. The van der Waals surface area contributed by atoms with Gasteiger partial charge in [-0.2, -0.15) is 5.26 Å². The van der Waals surface area contributed by atoms with E-state index in [9.17, 15) is 36.7 Å². The van der Waals surface area contributed by atoms with Crippen LogP contribution in [0.2, 0.25) is 5.02 Å². The molecule has 0 unspecified atom stereocenters. The van der Waals surface area contributed by atoms with Crippen LogP contribution in [-0.4, -0.2) is 82.9 Å². The summed E-state index contributed by atoms with van der Waals surface area (Å²) in [4.78, 5) is 99.7. The van der Waals surface area contributed by atoms with Crippen LogP contribution in [-0.2, 0) is 44.4 Å². The third kappa shape index (κ3) is 24.2. The molecule has 0 saturated carbocycles. The zero-order chi connectivity index (χ0) is 75.0. The second kappa shape index (κ2) is 36.7. The van der Waals surface area contributed by atoms with Crippen molar-refractivity contribution in [3.8, 4) is 52.1 Å². The number of aryl methyl sites for hydroxylation is 6. The Morgan fingerprint density at radius 3 is 1.22 bits per heavy atom. The van der Waals surface area contributed by atoms with Crippen molar-refractivity contribution >= 4 is 34.7 Å². The summed E-state index contributed by atoms with van der Waals surface area (Å²) in [5.41, 5.74) is 7.97. The van der Waals surface area contributed by atoms with Crippen molar-refractivity contribution in [2.24, 2.45) is 0 Å². The highest BCUT2D eigenvalue weighted by Gasteiger charge is 2.25. The Labute approximate surface area is 606 Å². The first-order chi connectivity index (χ1) is 50.4. The third-order valence-electron chi connectivity index (χ3n) is 14.6. The second-order valence-electron chi connectivity index (χ2n) is 23.4. The number of nitriles is 1. The fourth-order valence-corrected chi connectivity index (χ4v) is 9.87. The van der Waals surface area contributed by atoms with Crippen LogP contribution in [0.4, 0.5) is 17.6 Å². The first-order valence-corrected chi connectivity index (χ1v) is 32.9. The molecule has 530 valence electrons. The molecule has 0 aromatic carbocycles. The quantitative estimate of drug-likeness (QED) is 0.0425. The van der Waals surface area contributed by atoms with Gasteiger partial charge in [0.25, 0.3) is 5.92 Å². The highest BCUT2D eigenvalue weighted by atomic mass is 35.5. The number of ketones is 4. The van der Waals surface area contributed by atoms with Gasteiger partial charge in [-0.1, -0.05) is 37.6 Å². The van der Waals surface area contributed by atoms with Crippen molar-refractivity contribution in [1.82, 2.24) is 59.8 Å². The first kappa shape index (κ1) is 76.4. The summed E-state index contributed by atoms with van der Waals surface area (Å²) in [6.07, 6.45) is 15.8. The molecule has 105 heavy (non-hydrogen) atoms. The Hall–Kier alpha value is -12.8. The highest BCUT2D eigenvalue weighted by Crippen LogP contribution is 2.30. The second-order valence-corrected chi connectivity index (χ2v) is 23.8. The number of halogens is 5. The van der Waals surface area contributed by atoms with Crippen molar-refractivity contribution in [3.63, 3.8) is 0 Å². The number of pyridine rings is 12. The van der Waals surface area contributed by atoms with Crippen LogP contribution in [0.25, 0.3) is 0 Å². The Morgan fingerprint density at radius 2 is 0.819 bits per heavy atom. The van der Waals surface area contributed by atoms with E-state index in [4.69, 9.17) is 35.8 Å². The Balaban J connectivity index is 0.000000162. The average molecular weight is 1440 g/mol. The molecule has 21 nitrogen and oxygen atoms in total. The zero-order valence-electron chi connectivity index (χ0n) is 57.8. The van der Waals surface area contributed by atoms with Crippen molar-refractivity contribution in [1.29, 1.82) is 5.26 Å². The van der Waals surface area contributed by atoms with Gasteiger partial charge in [0.1, 0.15) is 86.5 Å². The van der Waals surface area contributed by atoms with Crippen LogP contribution < -0.4 is 18.9 Å². The van der Waals surface area contributed by atoms with Gasteiger partial charge in [0.2, 0.25) is 0 Å². The molecule has 0 atom stereocenters. The van der Waals surface area contributed by atoms with Gasteiger partial charge in [-0.15, -0.1) is 0 Å². The number of hydrogen-bond acceptors (Lipinski definition) is 21. The lowest BCUT2D eigenvalue weighted by atomic mass is 10.1. The molecule has 0 bridgehead atoms. The van der Waals surface area contributed by atoms with Gasteiger partial charge in [0, 0.05) is 161 Å². The van der Waals surface area contributed by atoms with Gasteiger partial charge < -0.3 is 18.9 Å². The maximum absolute atomic E-state index is 13.3.